The van der Waals surface area contributed by atoms with E-state index in [9.17, 15) is 0 Å². The normalized spacial score (nSPS) is 23.4. The third kappa shape index (κ3) is 3.76. The van der Waals surface area contributed by atoms with Gasteiger partial charge in [-0.1, -0.05) is 43.9 Å². The van der Waals surface area contributed by atoms with Gasteiger partial charge in [0.05, 0.1) is 7.11 Å². The summed E-state index contributed by atoms with van der Waals surface area (Å²) in [6, 6.07) is 6.63. The quantitative estimate of drug-likeness (QED) is 0.810. The molecule has 0 aliphatic heterocycles. The standard InChI is InChI=1S/C18H29NO/c1-4-19-13-15-8-6-5-7-9-16(15)17-12-14(2)10-11-18(17)20-3/h10-12,15-16,19H,4-9,13H2,1-3H3. The summed E-state index contributed by atoms with van der Waals surface area (Å²) >= 11 is 0. The Bertz CT molecular complexity index is 416. The summed E-state index contributed by atoms with van der Waals surface area (Å²) in [5.41, 5.74) is 2.77. The molecule has 1 aliphatic rings. The van der Waals surface area contributed by atoms with Gasteiger partial charge in [0.15, 0.2) is 0 Å². The van der Waals surface area contributed by atoms with Crippen LogP contribution in [-0.4, -0.2) is 20.2 Å². The minimum Gasteiger partial charge on any atom is -0.496 e. The Balaban J connectivity index is 2.27. The molecule has 0 aromatic heterocycles. The molecule has 2 atom stereocenters. The Morgan fingerprint density at radius 1 is 1.20 bits per heavy atom. The Morgan fingerprint density at radius 2 is 2.00 bits per heavy atom. The largest absolute Gasteiger partial charge is 0.496 e. The molecule has 1 aromatic carbocycles. The molecule has 2 rings (SSSR count). The summed E-state index contributed by atoms with van der Waals surface area (Å²) in [5.74, 6) is 2.46. The number of nitrogens with one attached hydrogen (secondary N) is 1. The van der Waals surface area contributed by atoms with Gasteiger partial charge >= 0.3 is 0 Å². The third-order valence-electron chi connectivity index (χ3n) is 4.60. The van der Waals surface area contributed by atoms with Crippen molar-refractivity contribution in [2.24, 2.45) is 5.92 Å². The molecule has 0 radical (unpaired) electrons. The number of rotatable bonds is 5. The van der Waals surface area contributed by atoms with Crippen LogP contribution < -0.4 is 10.1 Å². The van der Waals surface area contributed by atoms with E-state index in [0.29, 0.717) is 5.92 Å². The fourth-order valence-electron chi connectivity index (χ4n) is 3.51. The monoisotopic (exact) mass is 275 g/mol. The maximum atomic E-state index is 5.63. The van der Waals surface area contributed by atoms with E-state index in [2.05, 4.69) is 37.4 Å². The number of hydrogen-bond acceptors (Lipinski definition) is 2. The summed E-state index contributed by atoms with van der Waals surface area (Å²) in [7, 11) is 1.80. The number of benzene rings is 1. The van der Waals surface area contributed by atoms with Crippen LogP contribution in [0, 0.1) is 12.8 Å². The second-order valence-electron chi connectivity index (χ2n) is 6.06. The molecule has 2 nitrogen and oxygen atoms in total. The van der Waals surface area contributed by atoms with Gasteiger partial charge in [-0.05, 0) is 56.3 Å². The molecule has 112 valence electrons. The lowest BCUT2D eigenvalue weighted by atomic mass is 9.81. The van der Waals surface area contributed by atoms with Crippen molar-refractivity contribution in [2.45, 2.75) is 51.9 Å². The van der Waals surface area contributed by atoms with E-state index < -0.39 is 0 Å². The van der Waals surface area contributed by atoms with E-state index in [1.54, 1.807) is 7.11 Å². The maximum Gasteiger partial charge on any atom is 0.122 e. The van der Waals surface area contributed by atoms with Crippen LogP contribution in [0.4, 0.5) is 0 Å². The van der Waals surface area contributed by atoms with Gasteiger partial charge in [0, 0.05) is 0 Å². The number of methoxy groups -OCH3 is 1. The Hall–Kier alpha value is -1.02. The zero-order valence-corrected chi connectivity index (χ0v) is 13.2. The lowest BCUT2D eigenvalue weighted by molar-refractivity contribution is 0.356. The van der Waals surface area contributed by atoms with Crippen molar-refractivity contribution in [3.8, 4) is 5.75 Å². The summed E-state index contributed by atoms with van der Waals surface area (Å²) in [5, 5.41) is 3.56. The van der Waals surface area contributed by atoms with Gasteiger partial charge in [-0.3, -0.25) is 0 Å². The van der Waals surface area contributed by atoms with Crippen molar-refractivity contribution in [1.29, 1.82) is 0 Å². The highest BCUT2D eigenvalue weighted by atomic mass is 16.5. The highest BCUT2D eigenvalue weighted by Crippen LogP contribution is 2.40. The topological polar surface area (TPSA) is 21.3 Å². The van der Waals surface area contributed by atoms with Gasteiger partial charge in [0.25, 0.3) is 0 Å². The number of ether oxygens (including phenoxy) is 1. The van der Waals surface area contributed by atoms with E-state index in [-0.39, 0.29) is 0 Å². The van der Waals surface area contributed by atoms with Crippen molar-refractivity contribution >= 4 is 0 Å². The molecule has 1 N–H and O–H groups in total. The van der Waals surface area contributed by atoms with E-state index in [4.69, 9.17) is 4.74 Å². The van der Waals surface area contributed by atoms with Crippen molar-refractivity contribution in [3.63, 3.8) is 0 Å². The molecule has 0 heterocycles. The van der Waals surface area contributed by atoms with Crippen molar-refractivity contribution < 1.29 is 4.74 Å². The first-order chi connectivity index (χ1) is 9.76. The number of hydrogen-bond donors (Lipinski definition) is 1. The van der Waals surface area contributed by atoms with E-state index in [1.165, 1.54) is 43.2 Å². The fraction of sp³-hybridized carbons (Fsp3) is 0.667. The molecule has 2 unspecified atom stereocenters. The van der Waals surface area contributed by atoms with E-state index in [1.807, 2.05) is 0 Å². The highest BCUT2D eigenvalue weighted by Gasteiger charge is 2.27. The first kappa shape index (κ1) is 15.4. The molecule has 1 aliphatic carbocycles. The first-order valence-corrected chi connectivity index (χ1v) is 8.11. The summed E-state index contributed by atoms with van der Waals surface area (Å²) in [6.45, 7) is 6.57. The minimum atomic E-state index is 0.645. The molecule has 0 bridgehead atoms. The van der Waals surface area contributed by atoms with Crippen molar-refractivity contribution in [1.82, 2.24) is 5.32 Å². The van der Waals surface area contributed by atoms with Crippen LogP contribution in [0.1, 0.15) is 56.1 Å². The zero-order valence-electron chi connectivity index (χ0n) is 13.2. The summed E-state index contributed by atoms with van der Waals surface area (Å²) in [6.07, 6.45) is 6.75. The lowest BCUT2D eigenvalue weighted by Gasteiger charge is -2.27. The molecule has 0 spiro atoms. The summed E-state index contributed by atoms with van der Waals surface area (Å²) in [4.78, 5) is 0. The van der Waals surface area contributed by atoms with E-state index >= 15 is 0 Å². The van der Waals surface area contributed by atoms with Gasteiger partial charge in [-0.2, -0.15) is 0 Å². The smallest absolute Gasteiger partial charge is 0.122 e. The van der Waals surface area contributed by atoms with Crippen LogP contribution in [0.5, 0.6) is 5.75 Å². The SMILES string of the molecule is CCNCC1CCCCCC1c1cc(C)ccc1OC. The fourth-order valence-corrected chi connectivity index (χ4v) is 3.51. The lowest BCUT2D eigenvalue weighted by Crippen LogP contribution is -2.27. The molecule has 1 saturated carbocycles. The second kappa shape index (κ2) is 7.68. The summed E-state index contributed by atoms with van der Waals surface area (Å²) < 4.78 is 5.63. The molecule has 20 heavy (non-hydrogen) atoms. The average Bonchev–Trinajstić information content (AvgIpc) is 2.70. The number of aryl methyl sites for hydroxylation is 1. The predicted octanol–water partition coefficient (Wildman–Crippen LogP) is 4.28. The maximum absolute atomic E-state index is 5.63. The Kier molecular flexibility index (Phi) is 5.90. The second-order valence-corrected chi connectivity index (χ2v) is 6.06. The minimum absolute atomic E-state index is 0.645. The van der Waals surface area contributed by atoms with Gasteiger partial charge in [-0.15, -0.1) is 0 Å². The molecule has 1 aromatic rings. The Morgan fingerprint density at radius 3 is 2.75 bits per heavy atom. The molecule has 0 amide bonds. The van der Waals surface area contributed by atoms with Crippen molar-refractivity contribution in [3.05, 3.63) is 29.3 Å². The molecule has 2 heteroatoms. The van der Waals surface area contributed by atoms with Gasteiger partial charge in [0.1, 0.15) is 5.75 Å². The van der Waals surface area contributed by atoms with Crippen LogP contribution in [0.25, 0.3) is 0 Å². The molecule has 0 saturated heterocycles. The predicted molar refractivity (Wildman–Crippen MR) is 85.6 cm³/mol. The van der Waals surface area contributed by atoms with Crippen molar-refractivity contribution in [2.75, 3.05) is 20.2 Å². The van der Waals surface area contributed by atoms with Crippen LogP contribution in [0.3, 0.4) is 0 Å². The van der Waals surface area contributed by atoms with Gasteiger partial charge in [-0.25, -0.2) is 0 Å². The first-order valence-electron chi connectivity index (χ1n) is 8.11. The van der Waals surface area contributed by atoms with Crippen LogP contribution in [0.2, 0.25) is 0 Å². The third-order valence-corrected chi connectivity index (χ3v) is 4.60. The molecule has 1 fully saturated rings. The highest BCUT2D eigenvalue weighted by molar-refractivity contribution is 5.40. The van der Waals surface area contributed by atoms with Crippen LogP contribution >= 0.6 is 0 Å². The van der Waals surface area contributed by atoms with Gasteiger partial charge < -0.3 is 10.1 Å². The van der Waals surface area contributed by atoms with Gasteiger partial charge in [0.2, 0.25) is 0 Å². The Labute approximate surface area is 123 Å². The van der Waals surface area contributed by atoms with E-state index in [0.717, 1.165) is 24.8 Å². The zero-order chi connectivity index (χ0) is 14.4. The van der Waals surface area contributed by atoms with Crippen LogP contribution in [-0.2, 0) is 0 Å². The molecular weight excluding hydrogens is 246 g/mol. The molecular formula is C18H29NO. The average molecular weight is 275 g/mol. The van der Waals surface area contributed by atoms with Crippen LogP contribution in [0.15, 0.2) is 18.2 Å².